The normalized spacial score (nSPS) is 22.3. The van der Waals surface area contributed by atoms with Gasteiger partial charge in [-0.2, -0.15) is 0 Å². The van der Waals surface area contributed by atoms with Gasteiger partial charge in [-0.15, -0.1) is 0 Å². The van der Waals surface area contributed by atoms with E-state index in [0.29, 0.717) is 18.0 Å². The van der Waals surface area contributed by atoms with Gasteiger partial charge in [0.2, 0.25) is 11.8 Å². The van der Waals surface area contributed by atoms with Crippen LogP contribution in [0.25, 0.3) is 0 Å². The number of nitrogens with one attached hydrogen (secondary N) is 3. The zero-order valence-electron chi connectivity index (χ0n) is 14.0. The first-order valence-corrected chi connectivity index (χ1v) is 8.82. The monoisotopic (exact) mass is 342 g/mol. The largest absolute Gasteiger partial charge is 0.354 e. The zero-order valence-corrected chi connectivity index (χ0v) is 14.0. The second-order valence-corrected chi connectivity index (χ2v) is 6.98. The zero-order chi connectivity index (χ0) is 17.4. The van der Waals surface area contributed by atoms with Crippen molar-refractivity contribution in [3.05, 3.63) is 35.4 Å². The number of fused-ring (bicyclic) bond motifs is 1. The van der Waals surface area contributed by atoms with Crippen molar-refractivity contribution in [3.63, 3.8) is 0 Å². The van der Waals surface area contributed by atoms with Crippen LogP contribution >= 0.6 is 0 Å². The summed E-state index contributed by atoms with van der Waals surface area (Å²) in [6.07, 6.45) is 1.86. The maximum atomic E-state index is 12.7. The highest BCUT2D eigenvalue weighted by molar-refractivity contribution is 6.05. The highest BCUT2D eigenvalue weighted by atomic mass is 16.2. The summed E-state index contributed by atoms with van der Waals surface area (Å²) < 4.78 is 0. The van der Waals surface area contributed by atoms with Gasteiger partial charge in [0.1, 0.15) is 6.04 Å². The van der Waals surface area contributed by atoms with E-state index in [1.807, 2.05) is 18.2 Å². The van der Waals surface area contributed by atoms with Crippen LogP contribution in [0.1, 0.15) is 34.8 Å². The van der Waals surface area contributed by atoms with E-state index in [4.69, 9.17) is 0 Å². The third kappa shape index (κ3) is 3.11. The van der Waals surface area contributed by atoms with Gasteiger partial charge in [-0.05, 0) is 24.5 Å². The van der Waals surface area contributed by atoms with Crippen molar-refractivity contribution in [1.82, 2.24) is 20.9 Å². The van der Waals surface area contributed by atoms with Gasteiger partial charge >= 0.3 is 0 Å². The topological polar surface area (TPSA) is 90.5 Å². The Morgan fingerprint density at radius 1 is 1.16 bits per heavy atom. The molecule has 4 rings (SSSR count). The minimum absolute atomic E-state index is 0.0651. The molecule has 0 bridgehead atoms. The lowest BCUT2D eigenvalue weighted by Gasteiger charge is -2.27. The molecule has 1 saturated carbocycles. The van der Waals surface area contributed by atoms with E-state index in [1.54, 1.807) is 11.0 Å². The lowest BCUT2D eigenvalue weighted by atomic mass is 10.0. The van der Waals surface area contributed by atoms with Gasteiger partial charge in [-0.3, -0.25) is 14.4 Å². The molecular weight excluding hydrogens is 320 g/mol. The number of hydrogen-bond donors (Lipinski definition) is 3. The van der Waals surface area contributed by atoms with Crippen LogP contribution in [0, 0.1) is 5.92 Å². The van der Waals surface area contributed by atoms with Crippen molar-refractivity contribution in [1.29, 1.82) is 0 Å². The van der Waals surface area contributed by atoms with E-state index in [9.17, 15) is 14.4 Å². The average molecular weight is 342 g/mol. The van der Waals surface area contributed by atoms with Crippen LogP contribution < -0.4 is 16.0 Å². The van der Waals surface area contributed by atoms with Gasteiger partial charge in [-0.1, -0.05) is 18.2 Å². The van der Waals surface area contributed by atoms with E-state index >= 15 is 0 Å². The van der Waals surface area contributed by atoms with Crippen molar-refractivity contribution < 1.29 is 14.4 Å². The Labute approximate surface area is 146 Å². The number of hydrogen-bond acceptors (Lipinski definition) is 4. The molecule has 132 valence electrons. The predicted octanol–water partition coefficient (Wildman–Crippen LogP) is -0.202. The highest BCUT2D eigenvalue weighted by Crippen LogP contribution is 2.41. The first-order valence-electron chi connectivity index (χ1n) is 8.82. The molecule has 2 heterocycles. The SMILES string of the molecule is O=C(CNC(=O)C1c2ccccc2C(=O)N1C1CC1)NCC1CNC1. The van der Waals surface area contributed by atoms with E-state index in [1.165, 1.54) is 0 Å². The Hall–Kier alpha value is -2.41. The summed E-state index contributed by atoms with van der Waals surface area (Å²) in [5, 5.41) is 8.68. The van der Waals surface area contributed by atoms with Crippen LogP contribution in [0.15, 0.2) is 24.3 Å². The molecule has 1 aromatic carbocycles. The molecule has 1 atom stereocenters. The van der Waals surface area contributed by atoms with Crippen LogP contribution in [0.2, 0.25) is 0 Å². The molecule has 1 aromatic rings. The molecule has 2 fully saturated rings. The number of rotatable bonds is 6. The van der Waals surface area contributed by atoms with Gasteiger partial charge in [-0.25, -0.2) is 0 Å². The molecule has 0 radical (unpaired) electrons. The van der Waals surface area contributed by atoms with Crippen LogP contribution in [0.5, 0.6) is 0 Å². The van der Waals surface area contributed by atoms with Crippen LogP contribution in [0.3, 0.4) is 0 Å². The Bertz CT molecular complexity index is 712. The lowest BCUT2D eigenvalue weighted by molar-refractivity contribution is -0.129. The summed E-state index contributed by atoms with van der Waals surface area (Å²) in [5.41, 5.74) is 1.33. The van der Waals surface area contributed by atoms with Gasteiger partial charge in [0.15, 0.2) is 0 Å². The summed E-state index contributed by atoms with van der Waals surface area (Å²) in [5.74, 6) is -0.0917. The minimum Gasteiger partial charge on any atom is -0.354 e. The fraction of sp³-hybridized carbons (Fsp3) is 0.500. The van der Waals surface area contributed by atoms with Crippen LogP contribution in [-0.2, 0) is 9.59 Å². The standard InChI is InChI=1S/C18H22N4O3/c23-15(20-9-11-7-19-8-11)10-21-17(24)16-13-3-1-2-4-14(13)18(25)22(16)12-5-6-12/h1-4,11-12,16,19H,5-10H2,(H,20,23)(H,21,24). The lowest BCUT2D eigenvalue weighted by Crippen LogP contribution is -2.50. The second-order valence-electron chi connectivity index (χ2n) is 6.98. The fourth-order valence-electron chi connectivity index (χ4n) is 3.41. The smallest absolute Gasteiger partial charge is 0.255 e. The van der Waals surface area contributed by atoms with E-state index in [0.717, 1.165) is 31.5 Å². The summed E-state index contributed by atoms with van der Waals surface area (Å²) >= 11 is 0. The average Bonchev–Trinajstić information content (AvgIpc) is 3.36. The van der Waals surface area contributed by atoms with Gasteiger partial charge in [0.25, 0.3) is 5.91 Å². The van der Waals surface area contributed by atoms with E-state index in [2.05, 4.69) is 16.0 Å². The molecule has 0 aromatic heterocycles. The second kappa shape index (κ2) is 6.48. The fourth-order valence-corrected chi connectivity index (χ4v) is 3.41. The quantitative estimate of drug-likeness (QED) is 0.668. The van der Waals surface area contributed by atoms with Gasteiger partial charge in [0.05, 0.1) is 6.54 Å². The number of amides is 3. The Kier molecular flexibility index (Phi) is 4.17. The van der Waals surface area contributed by atoms with Crippen LogP contribution in [0.4, 0.5) is 0 Å². The highest BCUT2D eigenvalue weighted by Gasteiger charge is 2.47. The van der Waals surface area contributed by atoms with E-state index < -0.39 is 6.04 Å². The molecule has 2 aliphatic heterocycles. The molecule has 3 aliphatic rings. The van der Waals surface area contributed by atoms with Gasteiger partial charge < -0.3 is 20.9 Å². The first kappa shape index (κ1) is 16.1. The molecule has 1 unspecified atom stereocenters. The minimum atomic E-state index is -0.625. The Morgan fingerprint density at radius 2 is 1.92 bits per heavy atom. The maximum Gasteiger partial charge on any atom is 0.255 e. The summed E-state index contributed by atoms with van der Waals surface area (Å²) in [6.45, 7) is 2.40. The van der Waals surface area contributed by atoms with Crippen molar-refractivity contribution >= 4 is 17.7 Å². The number of benzene rings is 1. The third-order valence-electron chi connectivity index (χ3n) is 5.06. The molecule has 1 saturated heterocycles. The maximum absolute atomic E-state index is 12.7. The van der Waals surface area contributed by atoms with Crippen molar-refractivity contribution in [2.75, 3.05) is 26.2 Å². The number of nitrogens with zero attached hydrogens (tertiary/aromatic N) is 1. The summed E-state index contributed by atoms with van der Waals surface area (Å²) in [4.78, 5) is 38.9. The molecule has 1 aliphatic carbocycles. The molecule has 7 heteroatoms. The molecule has 3 amide bonds. The van der Waals surface area contributed by atoms with Crippen molar-refractivity contribution in [2.45, 2.75) is 24.9 Å². The van der Waals surface area contributed by atoms with Crippen molar-refractivity contribution in [3.8, 4) is 0 Å². The number of carbonyl (C=O) groups excluding carboxylic acids is 3. The molecule has 7 nitrogen and oxygen atoms in total. The molecule has 0 spiro atoms. The van der Waals surface area contributed by atoms with Gasteiger partial charge in [0, 0.05) is 37.2 Å². The van der Waals surface area contributed by atoms with E-state index in [-0.39, 0.29) is 30.3 Å². The third-order valence-corrected chi connectivity index (χ3v) is 5.06. The number of carbonyl (C=O) groups is 3. The van der Waals surface area contributed by atoms with Crippen molar-refractivity contribution in [2.24, 2.45) is 5.92 Å². The van der Waals surface area contributed by atoms with Crippen LogP contribution in [-0.4, -0.2) is 54.8 Å². The summed E-state index contributed by atoms with van der Waals surface area (Å²) in [6, 6.07) is 6.74. The molecular formula is C18H22N4O3. The Balaban J connectivity index is 1.39. The summed E-state index contributed by atoms with van der Waals surface area (Å²) in [7, 11) is 0. The Morgan fingerprint density at radius 3 is 2.60 bits per heavy atom. The molecule has 25 heavy (non-hydrogen) atoms. The molecule has 3 N–H and O–H groups in total. The predicted molar refractivity (Wildman–Crippen MR) is 90.8 cm³/mol. The first-order chi connectivity index (χ1) is 12.1.